The van der Waals surface area contributed by atoms with Gasteiger partial charge in [-0.1, -0.05) is 30.3 Å². The van der Waals surface area contributed by atoms with Crippen LogP contribution in [-0.2, 0) is 9.84 Å². The van der Waals surface area contributed by atoms with Gasteiger partial charge in [-0.05, 0) is 13.0 Å². The van der Waals surface area contributed by atoms with Gasteiger partial charge in [-0.25, -0.2) is 8.42 Å². The summed E-state index contributed by atoms with van der Waals surface area (Å²) >= 11 is 0. The first-order valence-corrected chi connectivity index (χ1v) is 8.40. The van der Waals surface area contributed by atoms with E-state index in [1.54, 1.807) is 0 Å². The fourth-order valence-electron chi connectivity index (χ4n) is 2.24. The molecule has 19 heavy (non-hydrogen) atoms. The van der Waals surface area contributed by atoms with Crippen LogP contribution in [0.25, 0.3) is 0 Å². The molecule has 0 unspecified atom stereocenters. The topological polar surface area (TPSA) is 54.5 Å². The largest absolute Gasteiger partial charge is 0.302 e. The van der Waals surface area contributed by atoms with E-state index < -0.39 is 9.84 Å². The predicted molar refractivity (Wildman–Crippen MR) is 75.1 cm³/mol. The van der Waals surface area contributed by atoms with Crippen LogP contribution >= 0.6 is 0 Å². The van der Waals surface area contributed by atoms with Gasteiger partial charge in [-0.3, -0.25) is 4.79 Å². The Morgan fingerprint density at radius 3 is 2.58 bits per heavy atom. The number of carbonyl (C=O) groups is 1. The number of Topliss-reactive ketones (excluding diaryl/α,β-unsaturated/α-hetero) is 1. The van der Waals surface area contributed by atoms with E-state index in [-0.39, 0.29) is 17.3 Å². The number of hydrogen-bond donors (Lipinski definition) is 0. The molecule has 104 valence electrons. The Morgan fingerprint density at radius 1 is 1.11 bits per heavy atom. The van der Waals surface area contributed by atoms with Crippen LogP contribution in [0.1, 0.15) is 23.2 Å². The van der Waals surface area contributed by atoms with Gasteiger partial charge < -0.3 is 4.90 Å². The highest BCUT2D eigenvalue weighted by molar-refractivity contribution is 7.91. The van der Waals surface area contributed by atoms with E-state index in [0.717, 1.165) is 12.1 Å². The molecule has 0 aromatic heterocycles. The molecular weight excluding hydrogens is 262 g/mol. The van der Waals surface area contributed by atoms with Gasteiger partial charge in [-0.15, -0.1) is 0 Å². The van der Waals surface area contributed by atoms with E-state index in [1.807, 2.05) is 30.3 Å². The Morgan fingerprint density at radius 2 is 1.84 bits per heavy atom. The molecule has 1 aromatic carbocycles. The minimum absolute atomic E-state index is 0.118. The maximum Gasteiger partial charge on any atom is 0.164 e. The standard InChI is InChI=1S/C14H19NO3S/c16-14(13-5-2-1-3-6-13)7-9-15-8-4-11-19(17,18)12-10-15/h1-3,5-6H,4,7-12H2. The summed E-state index contributed by atoms with van der Waals surface area (Å²) in [5, 5.41) is 0. The molecule has 4 nitrogen and oxygen atoms in total. The Bertz CT molecular complexity index is 525. The normalized spacial score (nSPS) is 19.8. The van der Waals surface area contributed by atoms with E-state index in [1.165, 1.54) is 0 Å². The van der Waals surface area contributed by atoms with Crippen molar-refractivity contribution in [1.29, 1.82) is 0 Å². The zero-order valence-corrected chi connectivity index (χ0v) is 11.7. The third kappa shape index (κ3) is 4.44. The Balaban J connectivity index is 1.84. The van der Waals surface area contributed by atoms with Crippen LogP contribution in [-0.4, -0.2) is 50.2 Å². The molecule has 0 spiro atoms. The summed E-state index contributed by atoms with van der Waals surface area (Å²) in [6, 6.07) is 9.22. The monoisotopic (exact) mass is 281 g/mol. The summed E-state index contributed by atoms with van der Waals surface area (Å²) in [4.78, 5) is 14.0. The number of nitrogens with zero attached hydrogens (tertiary/aromatic N) is 1. The van der Waals surface area contributed by atoms with Crippen molar-refractivity contribution in [2.45, 2.75) is 12.8 Å². The van der Waals surface area contributed by atoms with Crippen molar-refractivity contribution in [3.63, 3.8) is 0 Å². The van der Waals surface area contributed by atoms with Crippen LogP contribution in [0.15, 0.2) is 30.3 Å². The molecule has 0 saturated carbocycles. The molecule has 0 aliphatic carbocycles. The summed E-state index contributed by atoms with van der Waals surface area (Å²) in [5.41, 5.74) is 0.727. The van der Waals surface area contributed by atoms with Crippen LogP contribution < -0.4 is 0 Å². The van der Waals surface area contributed by atoms with Gasteiger partial charge in [-0.2, -0.15) is 0 Å². The molecule has 1 fully saturated rings. The second-order valence-corrected chi connectivity index (χ2v) is 7.19. The lowest BCUT2D eigenvalue weighted by atomic mass is 10.1. The molecule has 1 aliphatic heterocycles. The SMILES string of the molecule is O=C(CCN1CCCS(=O)(=O)CC1)c1ccccc1. The molecule has 5 heteroatoms. The molecule has 1 heterocycles. The second kappa shape index (κ2) is 6.30. The molecule has 0 atom stereocenters. The fraction of sp³-hybridized carbons (Fsp3) is 0.500. The second-order valence-electron chi connectivity index (χ2n) is 4.89. The Hall–Kier alpha value is -1.20. The van der Waals surface area contributed by atoms with Gasteiger partial charge >= 0.3 is 0 Å². The van der Waals surface area contributed by atoms with Gasteiger partial charge in [0.2, 0.25) is 0 Å². The van der Waals surface area contributed by atoms with Crippen molar-refractivity contribution in [2.24, 2.45) is 0 Å². The van der Waals surface area contributed by atoms with Gasteiger partial charge in [0, 0.05) is 25.1 Å². The van der Waals surface area contributed by atoms with E-state index in [0.29, 0.717) is 25.9 Å². The van der Waals surface area contributed by atoms with Crippen molar-refractivity contribution in [2.75, 3.05) is 31.1 Å². The lowest BCUT2D eigenvalue weighted by Crippen LogP contribution is -2.29. The van der Waals surface area contributed by atoms with Crippen molar-refractivity contribution >= 4 is 15.6 Å². The van der Waals surface area contributed by atoms with Crippen molar-refractivity contribution in [3.8, 4) is 0 Å². The Labute approximate surface area is 114 Å². The summed E-state index contributed by atoms with van der Waals surface area (Å²) < 4.78 is 23.0. The van der Waals surface area contributed by atoms with Crippen LogP contribution in [0.2, 0.25) is 0 Å². The molecule has 0 amide bonds. The number of benzene rings is 1. The minimum atomic E-state index is -2.87. The number of ketones is 1. The summed E-state index contributed by atoms with van der Waals surface area (Å²) in [7, 11) is -2.87. The molecule has 1 aromatic rings. The third-order valence-corrected chi connectivity index (χ3v) is 5.11. The summed E-state index contributed by atoms with van der Waals surface area (Å²) in [6.07, 6.45) is 1.12. The summed E-state index contributed by atoms with van der Waals surface area (Å²) in [5.74, 6) is 0.607. The highest BCUT2D eigenvalue weighted by atomic mass is 32.2. The maximum absolute atomic E-state index is 12.0. The quantitative estimate of drug-likeness (QED) is 0.782. The van der Waals surface area contributed by atoms with Crippen LogP contribution in [0, 0.1) is 0 Å². The first-order chi connectivity index (χ1) is 9.07. The molecule has 2 rings (SSSR count). The van der Waals surface area contributed by atoms with Crippen LogP contribution in [0.5, 0.6) is 0 Å². The third-order valence-electron chi connectivity index (χ3n) is 3.40. The van der Waals surface area contributed by atoms with Crippen molar-refractivity contribution < 1.29 is 13.2 Å². The Kier molecular flexibility index (Phi) is 4.71. The molecule has 0 N–H and O–H groups in total. The lowest BCUT2D eigenvalue weighted by molar-refractivity contribution is 0.0966. The fourth-order valence-corrected chi connectivity index (χ4v) is 3.55. The van der Waals surface area contributed by atoms with E-state index in [2.05, 4.69) is 4.90 Å². The number of hydrogen-bond acceptors (Lipinski definition) is 4. The number of rotatable bonds is 4. The van der Waals surface area contributed by atoms with Gasteiger partial charge in [0.15, 0.2) is 15.6 Å². The summed E-state index contributed by atoms with van der Waals surface area (Å²) in [6.45, 7) is 1.95. The molecule has 1 aliphatic rings. The van der Waals surface area contributed by atoms with Gasteiger partial charge in [0.05, 0.1) is 11.5 Å². The van der Waals surface area contributed by atoms with Gasteiger partial charge in [0.1, 0.15) is 0 Å². The first-order valence-electron chi connectivity index (χ1n) is 6.58. The highest BCUT2D eigenvalue weighted by Gasteiger charge is 2.19. The number of sulfone groups is 1. The van der Waals surface area contributed by atoms with Crippen molar-refractivity contribution in [3.05, 3.63) is 35.9 Å². The molecule has 1 saturated heterocycles. The van der Waals surface area contributed by atoms with E-state index in [9.17, 15) is 13.2 Å². The van der Waals surface area contributed by atoms with Crippen molar-refractivity contribution in [1.82, 2.24) is 4.90 Å². The number of carbonyl (C=O) groups excluding carboxylic acids is 1. The minimum Gasteiger partial charge on any atom is -0.302 e. The smallest absolute Gasteiger partial charge is 0.164 e. The van der Waals surface area contributed by atoms with Gasteiger partial charge in [0.25, 0.3) is 0 Å². The zero-order valence-electron chi connectivity index (χ0n) is 10.9. The predicted octanol–water partition coefficient (Wildman–Crippen LogP) is 1.38. The maximum atomic E-state index is 12.0. The average molecular weight is 281 g/mol. The van der Waals surface area contributed by atoms with Crippen LogP contribution in [0.4, 0.5) is 0 Å². The van der Waals surface area contributed by atoms with E-state index in [4.69, 9.17) is 0 Å². The molecule has 0 radical (unpaired) electrons. The zero-order chi connectivity index (χ0) is 13.7. The average Bonchev–Trinajstić information content (AvgIpc) is 2.58. The first kappa shape index (κ1) is 14.2. The molecule has 0 bridgehead atoms. The molecular formula is C14H19NO3S. The highest BCUT2D eigenvalue weighted by Crippen LogP contribution is 2.08. The van der Waals surface area contributed by atoms with Crippen LogP contribution in [0.3, 0.4) is 0 Å². The van der Waals surface area contributed by atoms with E-state index >= 15 is 0 Å². The lowest BCUT2D eigenvalue weighted by Gasteiger charge is -2.18.